The van der Waals surface area contributed by atoms with Crippen molar-refractivity contribution in [3.63, 3.8) is 0 Å². The second-order valence-corrected chi connectivity index (χ2v) is 10.7. The number of anilines is 1. The molecule has 3 aliphatic rings. The summed E-state index contributed by atoms with van der Waals surface area (Å²) in [6, 6.07) is 10.5. The number of nitrogens with one attached hydrogen (secondary N) is 1. The van der Waals surface area contributed by atoms with Crippen LogP contribution in [0.25, 0.3) is 0 Å². The molecule has 2 aromatic rings. The summed E-state index contributed by atoms with van der Waals surface area (Å²) >= 11 is 0. The minimum absolute atomic E-state index is 0.0134. The van der Waals surface area contributed by atoms with Crippen molar-refractivity contribution in [3.8, 4) is 5.75 Å². The first-order chi connectivity index (χ1) is 20.3. The monoisotopic (exact) mass is 578 g/mol. The summed E-state index contributed by atoms with van der Waals surface area (Å²) in [7, 11) is 0. The van der Waals surface area contributed by atoms with Crippen LogP contribution < -0.4 is 15.0 Å². The Balaban J connectivity index is 1.05. The fraction of sp³-hybridized carbons (Fsp3) is 0.433. The number of piperidine rings is 1. The molecule has 0 saturated carbocycles. The lowest BCUT2D eigenvalue weighted by atomic mass is 10.0. The average Bonchev–Trinajstić information content (AvgIpc) is 3.23. The molecule has 12 nitrogen and oxygen atoms in total. The molecule has 3 N–H and O–H groups in total. The number of imide groups is 2. The first kappa shape index (κ1) is 29.2. The molecular formula is C30H34N4O8. The first-order valence-corrected chi connectivity index (χ1v) is 14.2. The van der Waals surface area contributed by atoms with Crippen molar-refractivity contribution >= 4 is 35.3 Å². The van der Waals surface area contributed by atoms with Crippen LogP contribution in [0.1, 0.15) is 63.2 Å². The van der Waals surface area contributed by atoms with Crippen LogP contribution in [-0.2, 0) is 9.59 Å². The largest absolute Gasteiger partial charge is 0.494 e. The lowest BCUT2D eigenvalue weighted by Crippen LogP contribution is -2.55. The third-order valence-electron chi connectivity index (χ3n) is 8.06. The third-order valence-corrected chi connectivity index (χ3v) is 8.06. The van der Waals surface area contributed by atoms with E-state index in [1.165, 1.54) is 12.1 Å². The number of carbonyl (C=O) groups excluding carboxylic acids is 4. The normalized spacial score (nSPS) is 21.0. The summed E-state index contributed by atoms with van der Waals surface area (Å²) in [5.41, 5.74) is 1.59. The molecule has 0 radical (unpaired) electrons. The van der Waals surface area contributed by atoms with Crippen LogP contribution in [0.5, 0.6) is 5.75 Å². The first-order valence-electron chi connectivity index (χ1n) is 14.2. The fourth-order valence-corrected chi connectivity index (χ4v) is 5.73. The summed E-state index contributed by atoms with van der Waals surface area (Å²) < 4.78 is 5.85. The zero-order valence-electron chi connectivity index (χ0n) is 23.2. The number of carboxylic acids is 1. The quantitative estimate of drug-likeness (QED) is 0.264. The number of nitrogens with zero attached hydrogens (tertiary/aromatic N) is 3. The highest BCUT2D eigenvalue weighted by Gasteiger charge is 2.44. The number of aliphatic hydroxyl groups excluding tert-OH is 1. The van der Waals surface area contributed by atoms with Gasteiger partial charge in [-0.15, -0.1) is 0 Å². The van der Waals surface area contributed by atoms with Gasteiger partial charge in [0, 0.05) is 31.7 Å². The summed E-state index contributed by atoms with van der Waals surface area (Å²) in [4.78, 5) is 66.0. The number of piperazine rings is 1. The number of unbranched alkanes of at least 4 members (excludes halogenated alkanes) is 2. The number of aliphatic hydroxyl groups is 1. The Morgan fingerprint density at radius 2 is 1.71 bits per heavy atom. The zero-order valence-corrected chi connectivity index (χ0v) is 23.2. The molecule has 222 valence electrons. The van der Waals surface area contributed by atoms with E-state index in [4.69, 9.17) is 9.84 Å². The molecule has 2 fully saturated rings. The maximum atomic E-state index is 13.0. The van der Waals surface area contributed by atoms with Gasteiger partial charge in [-0.1, -0.05) is 0 Å². The molecule has 12 heteroatoms. The van der Waals surface area contributed by atoms with Crippen molar-refractivity contribution in [2.75, 3.05) is 44.3 Å². The van der Waals surface area contributed by atoms with Gasteiger partial charge in [0.15, 0.2) is 0 Å². The lowest BCUT2D eigenvalue weighted by Gasteiger charge is -2.41. The van der Waals surface area contributed by atoms with Crippen molar-refractivity contribution < 1.29 is 38.9 Å². The average molecular weight is 579 g/mol. The van der Waals surface area contributed by atoms with E-state index in [9.17, 15) is 29.1 Å². The van der Waals surface area contributed by atoms with Crippen molar-refractivity contribution in [1.82, 2.24) is 15.1 Å². The van der Waals surface area contributed by atoms with Crippen LogP contribution in [0.3, 0.4) is 0 Å². The van der Waals surface area contributed by atoms with Gasteiger partial charge < -0.3 is 19.8 Å². The number of aromatic carboxylic acids is 1. The van der Waals surface area contributed by atoms with Crippen LogP contribution in [0.2, 0.25) is 0 Å². The molecule has 0 aliphatic carbocycles. The fourth-order valence-electron chi connectivity index (χ4n) is 5.73. The summed E-state index contributed by atoms with van der Waals surface area (Å²) in [5, 5.41) is 21.3. The molecule has 2 aromatic carbocycles. The van der Waals surface area contributed by atoms with Crippen LogP contribution >= 0.6 is 0 Å². The van der Waals surface area contributed by atoms with Crippen molar-refractivity contribution in [2.24, 2.45) is 0 Å². The molecule has 0 bridgehead atoms. The van der Waals surface area contributed by atoms with Crippen molar-refractivity contribution in [2.45, 2.75) is 44.2 Å². The van der Waals surface area contributed by atoms with E-state index in [0.29, 0.717) is 18.9 Å². The Labute approximate surface area is 242 Å². The minimum Gasteiger partial charge on any atom is -0.494 e. The summed E-state index contributed by atoms with van der Waals surface area (Å²) in [6.07, 6.45) is 2.79. The highest BCUT2D eigenvalue weighted by molar-refractivity contribution is 6.23. The molecular weight excluding hydrogens is 544 g/mol. The third kappa shape index (κ3) is 6.14. The maximum Gasteiger partial charge on any atom is 0.335 e. The predicted molar refractivity (Wildman–Crippen MR) is 151 cm³/mol. The van der Waals surface area contributed by atoms with Crippen LogP contribution in [0.15, 0.2) is 42.5 Å². The Hall–Kier alpha value is -4.29. The summed E-state index contributed by atoms with van der Waals surface area (Å²) in [5.74, 6) is -2.66. The SMILES string of the molecule is O=C1CCC(N2C(=O)c3ccc(OCCCCCN4CCN(c5ccc(C(=O)O)cc5)C[C@H]4CO)cc3C2=O)C(=O)N1. The van der Waals surface area contributed by atoms with E-state index in [1.54, 1.807) is 30.3 Å². The topological polar surface area (TPSA) is 157 Å². The lowest BCUT2D eigenvalue weighted by molar-refractivity contribution is -0.136. The van der Waals surface area contributed by atoms with Crippen molar-refractivity contribution in [3.05, 3.63) is 59.2 Å². The Bertz CT molecular complexity index is 1380. The molecule has 3 heterocycles. The number of hydrogen-bond donors (Lipinski definition) is 3. The molecule has 5 rings (SSSR count). The number of benzene rings is 2. The Morgan fingerprint density at radius 3 is 2.43 bits per heavy atom. The number of carbonyl (C=O) groups is 5. The van der Waals surface area contributed by atoms with Gasteiger partial charge in [-0.05, 0) is 74.7 Å². The van der Waals surface area contributed by atoms with Gasteiger partial charge in [0.05, 0.1) is 35.9 Å². The summed E-state index contributed by atoms with van der Waals surface area (Å²) in [6.45, 7) is 3.54. The highest BCUT2D eigenvalue weighted by atomic mass is 16.5. The standard InChI is InChI=1S/C30H34N4O8/c35-18-21-17-33(20-6-4-19(5-7-20)30(40)41)14-13-32(21)12-2-1-3-15-42-22-8-9-23-24(16-22)29(39)34(28(23)38)25-10-11-26(36)31-27(25)37/h4-9,16,21,25,35H,1-3,10-15,17-18H2,(H,40,41)(H,31,36,37)/t21-,25?/m0/s1. The van der Waals surface area contributed by atoms with E-state index in [0.717, 1.165) is 49.5 Å². The van der Waals surface area contributed by atoms with Gasteiger partial charge in [0.1, 0.15) is 11.8 Å². The molecule has 42 heavy (non-hydrogen) atoms. The molecule has 3 aliphatic heterocycles. The van der Waals surface area contributed by atoms with Gasteiger partial charge in [-0.3, -0.25) is 34.3 Å². The van der Waals surface area contributed by atoms with E-state index in [2.05, 4.69) is 15.1 Å². The van der Waals surface area contributed by atoms with Crippen LogP contribution in [0, 0.1) is 0 Å². The maximum absolute atomic E-state index is 13.0. The number of rotatable bonds is 11. The molecule has 2 saturated heterocycles. The number of ether oxygens (including phenoxy) is 1. The van der Waals surface area contributed by atoms with Gasteiger partial charge in [-0.25, -0.2) is 4.79 Å². The van der Waals surface area contributed by atoms with Gasteiger partial charge in [0.25, 0.3) is 11.8 Å². The molecule has 1 unspecified atom stereocenters. The van der Waals surface area contributed by atoms with E-state index in [-0.39, 0.29) is 42.2 Å². The molecule has 2 atom stereocenters. The number of fused-ring (bicyclic) bond motifs is 1. The van der Waals surface area contributed by atoms with Crippen molar-refractivity contribution in [1.29, 1.82) is 0 Å². The Morgan fingerprint density at radius 1 is 0.952 bits per heavy atom. The second-order valence-electron chi connectivity index (χ2n) is 10.7. The Kier molecular flexibility index (Phi) is 8.83. The predicted octanol–water partition coefficient (Wildman–Crippen LogP) is 1.52. The number of amides is 4. The second kappa shape index (κ2) is 12.7. The molecule has 4 amide bonds. The van der Waals surface area contributed by atoms with Gasteiger partial charge >= 0.3 is 5.97 Å². The highest BCUT2D eigenvalue weighted by Crippen LogP contribution is 2.30. The minimum atomic E-state index is -1.00. The molecule has 0 aromatic heterocycles. The van der Waals surface area contributed by atoms with E-state index < -0.39 is 35.6 Å². The number of carboxylic acid groups (broad SMARTS) is 1. The van der Waals surface area contributed by atoms with Gasteiger partial charge in [0.2, 0.25) is 11.8 Å². The van der Waals surface area contributed by atoms with Crippen LogP contribution in [-0.4, -0.2) is 101 Å². The zero-order chi connectivity index (χ0) is 29.8. The smallest absolute Gasteiger partial charge is 0.335 e. The van der Waals surface area contributed by atoms with Crippen LogP contribution in [0.4, 0.5) is 5.69 Å². The number of hydrogen-bond acceptors (Lipinski definition) is 9. The van der Waals surface area contributed by atoms with E-state index >= 15 is 0 Å². The molecule has 0 spiro atoms. The van der Waals surface area contributed by atoms with E-state index in [1.807, 2.05) is 0 Å². The van der Waals surface area contributed by atoms with Gasteiger partial charge in [-0.2, -0.15) is 0 Å².